The molecule has 142 valence electrons. The number of ether oxygens (including phenoxy) is 1. The van der Waals surface area contributed by atoms with Crippen molar-refractivity contribution in [3.63, 3.8) is 0 Å². The molecule has 0 saturated heterocycles. The fraction of sp³-hybridized carbons (Fsp3) is 0.400. The van der Waals surface area contributed by atoms with E-state index in [1.807, 2.05) is 12.1 Å². The lowest BCUT2D eigenvalue weighted by Crippen LogP contribution is -2.27. The highest BCUT2D eigenvalue weighted by Crippen LogP contribution is 2.28. The Balaban J connectivity index is 1.99. The number of benzene rings is 2. The van der Waals surface area contributed by atoms with E-state index in [1.54, 1.807) is 13.2 Å². The maximum absolute atomic E-state index is 12.0. The summed E-state index contributed by atoms with van der Waals surface area (Å²) in [7, 11) is 0.325. The summed E-state index contributed by atoms with van der Waals surface area (Å²) >= 11 is 0. The van der Waals surface area contributed by atoms with Gasteiger partial charge in [0.2, 0.25) is 0 Å². The molecule has 26 heavy (non-hydrogen) atoms. The lowest BCUT2D eigenvalue weighted by Gasteiger charge is -2.18. The molecule has 0 bridgehead atoms. The second kappa shape index (κ2) is 9.71. The van der Waals surface area contributed by atoms with E-state index in [0.717, 1.165) is 18.6 Å². The topological polar surface area (TPSA) is 78.8 Å². The molecule has 0 fully saturated rings. The van der Waals surface area contributed by atoms with Gasteiger partial charge in [-0.2, -0.15) is 0 Å². The van der Waals surface area contributed by atoms with Crippen LogP contribution in [0.5, 0.6) is 11.5 Å². The molecule has 0 radical (unpaired) electrons. The average Bonchev–Trinajstić information content (AvgIpc) is 2.64. The lowest BCUT2D eigenvalue weighted by atomic mass is 10.0. The molecule has 0 saturated carbocycles. The molecule has 0 aliphatic carbocycles. The Kier molecular flexibility index (Phi) is 7.63. The molecule has 2 atom stereocenters. The summed E-state index contributed by atoms with van der Waals surface area (Å²) in [6.45, 7) is 2.39. The maximum atomic E-state index is 12.0. The second-order valence-electron chi connectivity index (χ2n) is 6.33. The first-order valence-corrected chi connectivity index (χ1v) is 10.2. The molecule has 2 unspecified atom stereocenters. The van der Waals surface area contributed by atoms with Crippen LogP contribution in [0, 0.1) is 0 Å². The molecular weight excluding hydrogens is 350 g/mol. The van der Waals surface area contributed by atoms with E-state index in [2.05, 4.69) is 24.4 Å². The van der Waals surface area contributed by atoms with Crippen LogP contribution in [0.2, 0.25) is 0 Å². The molecule has 6 heteroatoms. The van der Waals surface area contributed by atoms with Gasteiger partial charge in [-0.3, -0.25) is 4.21 Å². The van der Waals surface area contributed by atoms with Crippen molar-refractivity contribution in [2.45, 2.75) is 43.9 Å². The van der Waals surface area contributed by atoms with Crippen LogP contribution in [-0.4, -0.2) is 33.8 Å². The normalized spacial score (nSPS) is 13.4. The number of phenolic OH excluding ortho intramolecular Hbond substituents is 1. The van der Waals surface area contributed by atoms with Gasteiger partial charge in [0.15, 0.2) is 0 Å². The molecule has 3 N–H and O–H groups in total. The van der Waals surface area contributed by atoms with Crippen molar-refractivity contribution in [2.75, 3.05) is 13.4 Å². The van der Waals surface area contributed by atoms with Crippen LogP contribution >= 0.6 is 0 Å². The third kappa shape index (κ3) is 5.30. The van der Waals surface area contributed by atoms with E-state index >= 15 is 0 Å². The van der Waals surface area contributed by atoms with Crippen molar-refractivity contribution in [2.24, 2.45) is 0 Å². The van der Waals surface area contributed by atoms with E-state index in [4.69, 9.17) is 4.74 Å². The number of hydrogen-bond acceptors (Lipinski definition) is 5. The fourth-order valence-corrected chi connectivity index (χ4v) is 3.79. The predicted molar refractivity (Wildman–Crippen MR) is 104 cm³/mol. The summed E-state index contributed by atoms with van der Waals surface area (Å²) < 4.78 is 17.2. The second-order valence-corrected chi connectivity index (χ2v) is 7.65. The fourth-order valence-electron chi connectivity index (χ4n) is 2.87. The molecular formula is C20H27NO4S. The molecule has 5 nitrogen and oxygen atoms in total. The number of aliphatic hydroxyl groups is 1. The Bertz CT molecular complexity index is 746. The van der Waals surface area contributed by atoms with Crippen molar-refractivity contribution in [1.82, 2.24) is 5.32 Å². The van der Waals surface area contributed by atoms with E-state index in [1.165, 1.54) is 17.9 Å². The minimum absolute atomic E-state index is 0.00530. The van der Waals surface area contributed by atoms with Crippen molar-refractivity contribution in [3.8, 4) is 11.5 Å². The van der Waals surface area contributed by atoms with Crippen LogP contribution in [0.1, 0.15) is 30.0 Å². The zero-order valence-corrected chi connectivity index (χ0v) is 16.3. The highest BCUT2D eigenvalue weighted by atomic mass is 32.2. The van der Waals surface area contributed by atoms with Crippen molar-refractivity contribution in [1.29, 1.82) is 0 Å². The predicted octanol–water partition coefficient (Wildman–Crippen LogP) is 2.74. The van der Waals surface area contributed by atoms with Gasteiger partial charge in [-0.1, -0.05) is 18.2 Å². The molecule has 2 aromatic carbocycles. The molecule has 2 aromatic rings. The van der Waals surface area contributed by atoms with Gasteiger partial charge in [0, 0.05) is 18.8 Å². The largest absolute Gasteiger partial charge is 0.507 e. The summed E-state index contributed by atoms with van der Waals surface area (Å²) in [5.41, 5.74) is 2.63. The van der Waals surface area contributed by atoms with Crippen LogP contribution in [-0.2, 0) is 30.4 Å². The zero-order valence-electron chi connectivity index (χ0n) is 15.5. The summed E-state index contributed by atoms with van der Waals surface area (Å²) in [6, 6.07) is 11.4. The van der Waals surface area contributed by atoms with Gasteiger partial charge in [0.1, 0.15) is 11.5 Å². The molecule has 2 rings (SSSR count). The van der Waals surface area contributed by atoms with Crippen molar-refractivity contribution < 1.29 is 19.2 Å². The van der Waals surface area contributed by atoms with Crippen LogP contribution in [0.4, 0.5) is 0 Å². The van der Waals surface area contributed by atoms with E-state index in [0.29, 0.717) is 22.6 Å². The Morgan fingerprint density at radius 3 is 2.46 bits per heavy atom. The summed E-state index contributed by atoms with van der Waals surface area (Å²) in [5.74, 6) is 0.853. The number of aromatic hydroxyl groups is 1. The van der Waals surface area contributed by atoms with Crippen LogP contribution in [0.25, 0.3) is 0 Å². The van der Waals surface area contributed by atoms with Gasteiger partial charge in [0.05, 0.1) is 29.4 Å². The average molecular weight is 378 g/mol. The van der Waals surface area contributed by atoms with E-state index in [-0.39, 0.29) is 18.4 Å². The molecule has 0 amide bonds. The Morgan fingerprint density at radius 2 is 1.88 bits per heavy atom. The Morgan fingerprint density at radius 1 is 1.19 bits per heavy atom. The number of nitrogens with one attached hydrogen (secondary N) is 1. The quantitative estimate of drug-likeness (QED) is 0.626. The van der Waals surface area contributed by atoms with Gasteiger partial charge in [-0.25, -0.2) is 0 Å². The third-order valence-corrected chi connectivity index (χ3v) is 5.48. The Labute approximate surface area is 157 Å². The van der Waals surface area contributed by atoms with Gasteiger partial charge in [-0.15, -0.1) is 0 Å². The zero-order chi connectivity index (χ0) is 19.1. The number of rotatable bonds is 9. The molecule has 0 spiro atoms. The first-order valence-electron chi connectivity index (χ1n) is 8.60. The number of phenols is 1. The smallest absolute Gasteiger partial charge is 0.132 e. The molecule has 0 heterocycles. The maximum Gasteiger partial charge on any atom is 0.132 e. The van der Waals surface area contributed by atoms with Gasteiger partial charge >= 0.3 is 0 Å². The van der Waals surface area contributed by atoms with E-state index in [9.17, 15) is 14.4 Å². The lowest BCUT2D eigenvalue weighted by molar-refractivity contribution is 0.279. The van der Waals surface area contributed by atoms with Crippen molar-refractivity contribution in [3.05, 3.63) is 53.1 Å². The third-order valence-electron chi connectivity index (χ3n) is 4.45. The minimum Gasteiger partial charge on any atom is -0.507 e. The number of aliphatic hydroxyl groups excluding tert-OH is 1. The number of methoxy groups -OCH3 is 1. The monoisotopic (exact) mass is 377 g/mol. The minimum atomic E-state index is -1.33. The van der Waals surface area contributed by atoms with Crippen LogP contribution < -0.4 is 10.1 Å². The first-order chi connectivity index (χ1) is 12.5. The highest BCUT2D eigenvalue weighted by Gasteiger charge is 2.16. The standard InChI is InChI=1S/C20H27NO4S/c1-14(4-5-15-6-9-17(25-2)10-7-15)21-12-18-16(13-22)8-11-19(23)20(18)26(3)24/h6-11,14,21-23H,4-5,12-13H2,1-3H3. The van der Waals surface area contributed by atoms with Gasteiger partial charge < -0.3 is 20.3 Å². The summed E-state index contributed by atoms with van der Waals surface area (Å²) in [5, 5.41) is 23.0. The Hall–Kier alpha value is -1.89. The van der Waals surface area contributed by atoms with Crippen LogP contribution in [0.15, 0.2) is 41.3 Å². The summed E-state index contributed by atoms with van der Waals surface area (Å²) in [6.07, 6.45) is 3.40. The first kappa shape index (κ1) is 20.4. The number of aryl methyl sites for hydroxylation is 1. The molecule has 0 aliphatic heterocycles. The highest BCUT2D eigenvalue weighted by molar-refractivity contribution is 7.84. The van der Waals surface area contributed by atoms with Crippen LogP contribution in [0.3, 0.4) is 0 Å². The molecule has 0 aromatic heterocycles. The van der Waals surface area contributed by atoms with Gasteiger partial charge in [0.25, 0.3) is 0 Å². The SMILES string of the molecule is COc1ccc(CCC(C)NCc2c(CO)ccc(O)c2S(C)=O)cc1. The summed E-state index contributed by atoms with van der Waals surface area (Å²) in [4.78, 5) is 0.395. The van der Waals surface area contributed by atoms with E-state index < -0.39 is 10.8 Å². The number of hydrogen-bond donors (Lipinski definition) is 3. The molecule has 0 aliphatic rings. The van der Waals surface area contributed by atoms with Gasteiger partial charge in [-0.05, 0) is 54.7 Å². The van der Waals surface area contributed by atoms with Crippen molar-refractivity contribution >= 4 is 10.8 Å².